The van der Waals surface area contributed by atoms with E-state index in [1.54, 1.807) is 0 Å². The van der Waals surface area contributed by atoms with Gasteiger partial charge in [0.2, 0.25) is 11.8 Å². The molecular formula is C16H22N2O2. The maximum atomic E-state index is 12.3. The monoisotopic (exact) mass is 274 g/mol. The number of carbonyl (C=O) groups is 2. The van der Waals surface area contributed by atoms with Gasteiger partial charge < -0.3 is 11.1 Å². The van der Waals surface area contributed by atoms with Gasteiger partial charge in [-0.3, -0.25) is 9.59 Å². The van der Waals surface area contributed by atoms with Gasteiger partial charge in [0.05, 0.1) is 0 Å². The molecule has 1 fully saturated rings. The third-order valence-corrected chi connectivity index (χ3v) is 3.89. The molecule has 0 heterocycles. The van der Waals surface area contributed by atoms with Crippen molar-refractivity contribution in [3.8, 4) is 0 Å². The fourth-order valence-electron chi connectivity index (χ4n) is 2.72. The Morgan fingerprint density at radius 2 is 1.85 bits per heavy atom. The van der Waals surface area contributed by atoms with E-state index in [1.807, 2.05) is 24.3 Å². The van der Waals surface area contributed by atoms with Crippen LogP contribution in [0.2, 0.25) is 0 Å². The van der Waals surface area contributed by atoms with Gasteiger partial charge >= 0.3 is 0 Å². The van der Waals surface area contributed by atoms with Gasteiger partial charge in [-0.2, -0.15) is 0 Å². The van der Waals surface area contributed by atoms with Gasteiger partial charge in [0.25, 0.3) is 0 Å². The van der Waals surface area contributed by atoms with Crippen LogP contribution in [0.1, 0.15) is 44.1 Å². The van der Waals surface area contributed by atoms with E-state index in [-0.39, 0.29) is 17.7 Å². The fourth-order valence-corrected chi connectivity index (χ4v) is 2.72. The maximum absolute atomic E-state index is 12.3. The second-order valence-electron chi connectivity index (χ2n) is 5.45. The lowest BCUT2D eigenvalue weighted by molar-refractivity contribution is -0.120. The average Bonchev–Trinajstić information content (AvgIpc) is 2.47. The number of benzene rings is 1. The van der Waals surface area contributed by atoms with Crippen LogP contribution in [0, 0.1) is 5.92 Å². The Morgan fingerprint density at radius 1 is 1.15 bits per heavy atom. The first-order valence-corrected chi connectivity index (χ1v) is 7.34. The van der Waals surface area contributed by atoms with Crippen LogP contribution in [0.25, 0.3) is 0 Å². The van der Waals surface area contributed by atoms with Crippen LogP contribution in [0.15, 0.2) is 24.3 Å². The van der Waals surface area contributed by atoms with E-state index in [1.165, 1.54) is 6.42 Å². The number of carbonyl (C=O) groups excluding carboxylic acids is 2. The van der Waals surface area contributed by atoms with Crippen molar-refractivity contribution >= 4 is 17.5 Å². The number of hydrogen-bond acceptors (Lipinski definition) is 2. The van der Waals surface area contributed by atoms with Gasteiger partial charge in [-0.25, -0.2) is 0 Å². The zero-order valence-corrected chi connectivity index (χ0v) is 11.7. The van der Waals surface area contributed by atoms with Crippen molar-refractivity contribution in [3.63, 3.8) is 0 Å². The van der Waals surface area contributed by atoms with Crippen LogP contribution in [0.4, 0.5) is 5.69 Å². The van der Waals surface area contributed by atoms with E-state index < -0.39 is 0 Å². The Bertz CT molecular complexity index is 479. The number of anilines is 1. The quantitative estimate of drug-likeness (QED) is 0.866. The van der Waals surface area contributed by atoms with Crippen molar-refractivity contribution in [2.24, 2.45) is 11.7 Å². The molecule has 0 aliphatic heterocycles. The minimum absolute atomic E-state index is 0.108. The number of nitrogens with two attached hydrogens (primary N) is 1. The smallest absolute Gasteiger partial charge is 0.227 e. The molecule has 4 heteroatoms. The van der Waals surface area contributed by atoms with Crippen LogP contribution in [-0.2, 0) is 16.0 Å². The summed E-state index contributed by atoms with van der Waals surface area (Å²) in [6.07, 6.45) is 6.35. The summed E-state index contributed by atoms with van der Waals surface area (Å²) in [5.74, 6) is -0.0809. The number of rotatable bonds is 5. The van der Waals surface area contributed by atoms with Crippen LogP contribution in [-0.4, -0.2) is 11.8 Å². The Kier molecular flexibility index (Phi) is 5.16. The van der Waals surface area contributed by atoms with Crippen molar-refractivity contribution in [2.45, 2.75) is 44.9 Å². The molecule has 1 aliphatic rings. The number of nitrogens with one attached hydrogen (secondary N) is 1. The molecule has 0 radical (unpaired) electrons. The van der Waals surface area contributed by atoms with Crippen molar-refractivity contribution in [1.29, 1.82) is 0 Å². The summed E-state index contributed by atoms with van der Waals surface area (Å²) in [5, 5.41) is 3.01. The summed E-state index contributed by atoms with van der Waals surface area (Å²) >= 11 is 0. The standard InChI is InChI=1S/C16H22N2O2/c17-15(19)11-10-12-6-4-5-9-14(12)18-16(20)13-7-2-1-3-8-13/h4-6,9,13H,1-3,7-8,10-11H2,(H2,17,19)(H,18,20). The van der Waals surface area contributed by atoms with Crippen LogP contribution in [0.3, 0.4) is 0 Å². The molecule has 20 heavy (non-hydrogen) atoms. The van der Waals surface area contributed by atoms with Gasteiger partial charge in [0.15, 0.2) is 0 Å². The third kappa shape index (κ3) is 4.08. The molecule has 0 aromatic heterocycles. The predicted molar refractivity (Wildman–Crippen MR) is 79.2 cm³/mol. The van der Waals surface area contributed by atoms with Crippen LogP contribution < -0.4 is 11.1 Å². The summed E-state index contributed by atoms with van der Waals surface area (Å²) in [5.41, 5.74) is 6.96. The van der Waals surface area contributed by atoms with Gasteiger partial charge in [-0.05, 0) is 30.9 Å². The largest absolute Gasteiger partial charge is 0.370 e. The predicted octanol–water partition coefficient (Wildman–Crippen LogP) is 2.62. The molecule has 1 aromatic carbocycles. The molecule has 0 bridgehead atoms. The number of aryl methyl sites for hydroxylation is 1. The van der Waals surface area contributed by atoms with E-state index in [4.69, 9.17) is 5.73 Å². The van der Waals surface area contributed by atoms with Gasteiger partial charge in [-0.15, -0.1) is 0 Å². The van der Waals surface area contributed by atoms with Gasteiger partial charge in [0, 0.05) is 18.0 Å². The second kappa shape index (κ2) is 7.08. The normalized spacial score (nSPS) is 15.8. The highest BCUT2D eigenvalue weighted by molar-refractivity contribution is 5.93. The van der Waals surface area contributed by atoms with Crippen LogP contribution in [0.5, 0.6) is 0 Å². The molecule has 0 saturated heterocycles. The Balaban J connectivity index is 2.00. The first-order chi connectivity index (χ1) is 9.66. The zero-order chi connectivity index (χ0) is 14.4. The van der Waals surface area contributed by atoms with Gasteiger partial charge in [0.1, 0.15) is 0 Å². The minimum atomic E-state index is -0.321. The molecule has 3 N–H and O–H groups in total. The minimum Gasteiger partial charge on any atom is -0.370 e. The average molecular weight is 274 g/mol. The molecule has 0 atom stereocenters. The molecule has 0 unspecified atom stereocenters. The summed E-state index contributed by atoms with van der Waals surface area (Å²) in [7, 11) is 0. The number of para-hydroxylation sites is 1. The Labute approximate surface area is 119 Å². The summed E-state index contributed by atoms with van der Waals surface area (Å²) < 4.78 is 0. The highest BCUT2D eigenvalue weighted by Gasteiger charge is 2.21. The SMILES string of the molecule is NC(=O)CCc1ccccc1NC(=O)C1CCCCC1. The molecule has 2 rings (SSSR count). The molecule has 108 valence electrons. The fraction of sp³-hybridized carbons (Fsp3) is 0.500. The molecule has 1 saturated carbocycles. The lowest BCUT2D eigenvalue weighted by Gasteiger charge is -2.21. The number of primary amides is 1. The molecular weight excluding hydrogens is 252 g/mol. The first kappa shape index (κ1) is 14.6. The van der Waals surface area contributed by atoms with Crippen molar-refractivity contribution in [3.05, 3.63) is 29.8 Å². The Morgan fingerprint density at radius 3 is 2.55 bits per heavy atom. The molecule has 0 spiro atoms. The third-order valence-electron chi connectivity index (χ3n) is 3.89. The van der Waals surface area contributed by atoms with Crippen LogP contribution >= 0.6 is 0 Å². The first-order valence-electron chi connectivity index (χ1n) is 7.34. The summed E-state index contributed by atoms with van der Waals surface area (Å²) in [6, 6.07) is 7.62. The van der Waals surface area contributed by atoms with Crippen molar-refractivity contribution < 1.29 is 9.59 Å². The summed E-state index contributed by atoms with van der Waals surface area (Å²) in [6.45, 7) is 0. The molecule has 2 amide bonds. The van der Waals surface area contributed by atoms with E-state index in [9.17, 15) is 9.59 Å². The van der Waals surface area contributed by atoms with E-state index in [0.29, 0.717) is 12.8 Å². The number of hydrogen-bond donors (Lipinski definition) is 2. The lowest BCUT2D eigenvalue weighted by atomic mass is 9.88. The molecule has 1 aliphatic carbocycles. The molecule has 1 aromatic rings. The summed E-state index contributed by atoms with van der Waals surface area (Å²) in [4.78, 5) is 23.1. The topological polar surface area (TPSA) is 72.2 Å². The lowest BCUT2D eigenvalue weighted by Crippen LogP contribution is -2.25. The van der Waals surface area contributed by atoms with E-state index in [0.717, 1.165) is 36.9 Å². The van der Waals surface area contributed by atoms with Crippen molar-refractivity contribution in [2.75, 3.05) is 5.32 Å². The molecule has 4 nitrogen and oxygen atoms in total. The highest BCUT2D eigenvalue weighted by Crippen LogP contribution is 2.26. The maximum Gasteiger partial charge on any atom is 0.227 e. The van der Waals surface area contributed by atoms with Crippen molar-refractivity contribution in [1.82, 2.24) is 0 Å². The zero-order valence-electron chi connectivity index (χ0n) is 11.7. The van der Waals surface area contributed by atoms with E-state index >= 15 is 0 Å². The highest BCUT2D eigenvalue weighted by atomic mass is 16.2. The van der Waals surface area contributed by atoms with Gasteiger partial charge in [-0.1, -0.05) is 37.5 Å². The number of amides is 2. The second-order valence-corrected chi connectivity index (χ2v) is 5.45. The van der Waals surface area contributed by atoms with E-state index in [2.05, 4.69) is 5.32 Å². The Hall–Kier alpha value is -1.84.